The minimum atomic E-state index is -0.983. The molecule has 0 amide bonds. The summed E-state index contributed by atoms with van der Waals surface area (Å²) in [7, 11) is 1.26. The Bertz CT molecular complexity index is 417. The second-order valence-corrected chi connectivity index (χ2v) is 5.05. The number of hydrogen-bond donors (Lipinski definition) is 1. The summed E-state index contributed by atoms with van der Waals surface area (Å²) in [5.74, 6) is -1.66. The molecule has 0 unspecified atom stereocenters. The van der Waals surface area contributed by atoms with Gasteiger partial charge in [-0.1, -0.05) is 13.8 Å². The van der Waals surface area contributed by atoms with Gasteiger partial charge in [-0.15, -0.1) is 0 Å². The van der Waals surface area contributed by atoms with E-state index in [2.05, 4.69) is 0 Å². The molecule has 0 aromatic heterocycles. The molecule has 1 N–H and O–H groups in total. The zero-order valence-corrected chi connectivity index (χ0v) is 10.9. The molecule has 0 radical (unpaired) electrons. The number of ketones is 1. The first-order valence-corrected chi connectivity index (χ1v) is 5.86. The van der Waals surface area contributed by atoms with Crippen molar-refractivity contribution >= 4 is 17.7 Å². The molecule has 0 saturated carbocycles. The maximum absolute atomic E-state index is 11.9. The quantitative estimate of drug-likeness (QED) is 0.772. The van der Waals surface area contributed by atoms with Crippen LogP contribution in [0.3, 0.4) is 0 Å². The number of carboxylic acid groups (broad SMARTS) is 1. The summed E-state index contributed by atoms with van der Waals surface area (Å²) in [5, 5.41) is 8.69. The van der Waals surface area contributed by atoms with E-state index in [1.54, 1.807) is 0 Å². The Labute approximate surface area is 106 Å². The van der Waals surface area contributed by atoms with Gasteiger partial charge in [0.25, 0.3) is 0 Å². The van der Waals surface area contributed by atoms with Gasteiger partial charge in [-0.25, -0.2) is 4.79 Å². The van der Waals surface area contributed by atoms with E-state index >= 15 is 0 Å². The van der Waals surface area contributed by atoms with E-state index in [-0.39, 0.29) is 18.6 Å². The van der Waals surface area contributed by atoms with Crippen LogP contribution in [-0.2, 0) is 19.1 Å². The largest absolute Gasteiger partial charge is 0.481 e. The van der Waals surface area contributed by atoms with Crippen LogP contribution in [0.15, 0.2) is 11.1 Å². The number of aliphatic carboxylic acids is 1. The van der Waals surface area contributed by atoms with Gasteiger partial charge in [0.1, 0.15) is 0 Å². The summed E-state index contributed by atoms with van der Waals surface area (Å²) in [6, 6.07) is 0. The van der Waals surface area contributed by atoms with Crippen LogP contribution < -0.4 is 0 Å². The average molecular weight is 254 g/mol. The molecule has 1 aliphatic rings. The minimum Gasteiger partial charge on any atom is -0.481 e. The number of ether oxygens (including phenoxy) is 1. The molecule has 0 atom stereocenters. The number of Topliss-reactive ketones (excluding diaryl/α,β-unsaturated/α-hetero) is 1. The molecule has 0 heterocycles. The number of methoxy groups -OCH3 is 1. The molecule has 0 fully saturated rings. The van der Waals surface area contributed by atoms with E-state index in [0.717, 1.165) is 0 Å². The second kappa shape index (κ2) is 5.33. The normalized spacial score (nSPS) is 18.7. The van der Waals surface area contributed by atoms with Crippen molar-refractivity contribution in [1.82, 2.24) is 0 Å². The van der Waals surface area contributed by atoms with Crippen molar-refractivity contribution in [3.05, 3.63) is 11.1 Å². The maximum atomic E-state index is 11.9. The third kappa shape index (κ3) is 2.97. The zero-order valence-electron chi connectivity index (χ0n) is 10.9. The van der Waals surface area contributed by atoms with Gasteiger partial charge in [-0.05, 0) is 18.3 Å². The fourth-order valence-electron chi connectivity index (χ4n) is 2.25. The lowest BCUT2D eigenvalue weighted by Gasteiger charge is -2.32. The van der Waals surface area contributed by atoms with Crippen molar-refractivity contribution in [2.45, 2.75) is 39.5 Å². The van der Waals surface area contributed by atoms with E-state index in [0.29, 0.717) is 24.0 Å². The molecule has 1 rings (SSSR count). The highest BCUT2D eigenvalue weighted by atomic mass is 16.5. The van der Waals surface area contributed by atoms with Crippen LogP contribution >= 0.6 is 0 Å². The fraction of sp³-hybridized carbons (Fsp3) is 0.615. The predicted octanol–water partition coefficient (Wildman–Crippen LogP) is 1.71. The van der Waals surface area contributed by atoms with Crippen LogP contribution in [0.25, 0.3) is 0 Å². The topological polar surface area (TPSA) is 80.7 Å². The van der Waals surface area contributed by atoms with Gasteiger partial charge in [-0.2, -0.15) is 0 Å². The Balaban J connectivity index is 3.19. The highest BCUT2D eigenvalue weighted by Crippen LogP contribution is 2.40. The van der Waals surface area contributed by atoms with Gasteiger partial charge in [-0.3, -0.25) is 9.59 Å². The van der Waals surface area contributed by atoms with Gasteiger partial charge in [0.05, 0.1) is 7.11 Å². The number of allylic oxidation sites excluding steroid dienone is 1. The van der Waals surface area contributed by atoms with E-state index in [1.807, 2.05) is 13.8 Å². The molecule has 0 spiro atoms. The van der Waals surface area contributed by atoms with E-state index in [1.165, 1.54) is 7.11 Å². The molecule has 18 heavy (non-hydrogen) atoms. The monoisotopic (exact) mass is 254 g/mol. The van der Waals surface area contributed by atoms with Crippen molar-refractivity contribution in [2.24, 2.45) is 5.41 Å². The molecule has 0 aromatic rings. The summed E-state index contributed by atoms with van der Waals surface area (Å²) in [4.78, 5) is 34.3. The lowest BCUT2D eigenvalue weighted by Crippen LogP contribution is -2.31. The van der Waals surface area contributed by atoms with Crippen LogP contribution in [0.5, 0.6) is 0 Å². The van der Waals surface area contributed by atoms with Crippen LogP contribution in [0.2, 0.25) is 0 Å². The molecule has 0 aromatic carbocycles. The lowest BCUT2D eigenvalue weighted by atomic mass is 9.71. The number of carboxylic acids is 1. The third-order valence-corrected chi connectivity index (χ3v) is 3.27. The van der Waals surface area contributed by atoms with Crippen molar-refractivity contribution in [1.29, 1.82) is 0 Å². The lowest BCUT2D eigenvalue weighted by molar-refractivity contribution is -0.139. The van der Waals surface area contributed by atoms with Crippen molar-refractivity contribution in [3.8, 4) is 0 Å². The number of esters is 1. The number of rotatable bonds is 4. The first-order chi connectivity index (χ1) is 8.29. The molecule has 0 bridgehead atoms. The molecular formula is C13H18O5. The van der Waals surface area contributed by atoms with Crippen LogP contribution in [0.4, 0.5) is 0 Å². The number of hydrogen-bond acceptors (Lipinski definition) is 4. The van der Waals surface area contributed by atoms with Crippen LogP contribution in [0.1, 0.15) is 39.5 Å². The van der Waals surface area contributed by atoms with Gasteiger partial charge in [0.2, 0.25) is 0 Å². The SMILES string of the molecule is COC(=O)C1=C(CCC(=O)O)C(=O)CCC1(C)C. The average Bonchev–Trinajstić information content (AvgIpc) is 2.29. The van der Waals surface area contributed by atoms with Crippen molar-refractivity contribution in [2.75, 3.05) is 7.11 Å². The predicted molar refractivity (Wildman–Crippen MR) is 63.9 cm³/mol. The van der Waals surface area contributed by atoms with Crippen LogP contribution in [-0.4, -0.2) is 29.9 Å². The van der Waals surface area contributed by atoms with Crippen molar-refractivity contribution in [3.63, 3.8) is 0 Å². The number of carbonyl (C=O) groups is 3. The summed E-state index contributed by atoms with van der Waals surface area (Å²) in [6.07, 6.45) is 0.856. The highest BCUT2D eigenvalue weighted by molar-refractivity contribution is 6.06. The number of carbonyl (C=O) groups excluding carboxylic acids is 2. The fourth-order valence-corrected chi connectivity index (χ4v) is 2.25. The second-order valence-electron chi connectivity index (χ2n) is 5.05. The van der Waals surface area contributed by atoms with E-state index in [9.17, 15) is 14.4 Å². The van der Waals surface area contributed by atoms with Gasteiger partial charge < -0.3 is 9.84 Å². The molecule has 100 valence electrons. The summed E-state index contributed by atoms with van der Waals surface area (Å²) < 4.78 is 4.71. The zero-order chi connectivity index (χ0) is 13.9. The van der Waals surface area contributed by atoms with Crippen molar-refractivity contribution < 1.29 is 24.2 Å². The Morgan fingerprint density at radius 1 is 1.39 bits per heavy atom. The standard InChI is InChI=1S/C13H18O5/c1-13(2)7-6-9(14)8(4-5-10(15)16)11(13)12(17)18-3/h4-7H2,1-3H3,(H,15,16). The van der Waals surface area contributed by atoms with Gasteiger partial charge in [0, 0.05) is 24.0 Å². The molecule has 1 aliphatic carbocycles. The maximum Gasteiger partial charge on any atom is 0.334 e. The molecule has 5 nitrogen and oxygen atoms in total. The molecular weight excluding hydrogens is 236 g/mol. The summed E-state index contributed by atoms with van der Waals surface area (Å²) in [5.41, 5.74) is 0.206. The van der Waals surface area contributed by atoms with Crippen LogP contribution in [0, 0.1) is 5.41 Å². The Kier molecular flexibility index (Phi) is 4.27. The van der Waals surface area contributed by atoms with E-state index < -0.39 is 17.4 Å². The van der Waals surface area contributed by atoms with Gasteiger partial charge in [0.15, 0.2) is 5.78 Å². The van der Waals surface area contributed by atoms with Gasteiger partial charge >= 0.3 is 11.9 Å². The summed E-state index contributed by atoms with van der Waals surface area (Å²) in [6.45, 7) is 3.74. The Hall–Kier alpha value is -1.65. The Morgan fingerprint density at radius 2 is 2.00 bits per heavy atom. The molecule has 0 saturated heterocycles. The third-order valence-electron chi connectivity index (χ3n) is 3.27. The molecule has 0 aliphatic heterocycles. The minimum absolute atomic E-state index is 0.0853. The molecule has 5 heteroatoms. The highest BCUT2D eigenvalue weighted by Gasteiger charge is 2.38. The smallest absolute Gasteiger partial charge is 0.334 e. The first kappa shape index (κ1) is 14.4. The first-order valence-electron chi connectivity index (χ1n) is 5.86. The Morgan fingerprint density at radius 3 is 2.50 bits per heavy atom. The summed E-state index contributed by atoms with van der Waals surface area (Å²) >= 11 is 0. The van der Waals surface area contributed by atoms with E-state index in [4.69, 9.17) is 9.84 Å².